The normalized spacial score (nSPS) is 7.09. The summed E-state index contributed by atoms with van der Waals surface area (Å²) in [7, 11) is 0. The van der Waals surface area contributed by atoms with Crippen LogP contribution < -0.4 is 0 Å². The van der Waals surface area contributed by atoms with Gasteiger partial charge in [-0.25, -0.2) is 4.98 Å². The molecular formula is C9H19NS. The van der Waals surface area contributed by atoms with E-state index in [1.54, 1.807) is 11.3 Å². The number of aryl methyl sites for hydroxylation is 2. The fraction of sp³-hybridized carbons (Fsp3) is 0.667. The predicted octanol–water partition coefficient (Wildman–Crippen LogP) is 3.81. The molecule has 0 N–H and O–H groups in total. The summed E-state index contributed by atoms with van der Waals surface area (Å²) in [5.74, 6) is 0. The first-order valence-electron chi connectivity index (χ1n) is 4.17. The molecule has 0 aliphatic heterocycles. The minimum absolute atomic E-state index is 1.16. The van der Waals surface area contributed by atoms with Crippen molar-refractivity contribution in [2.24, 2.45) is 0 Å². The van der Waals surface area contributed by atoms with Crippen molar-refractivity contribution in [1.29, 1.82) is 0 Å². The average Bonchev–Trinajstić information content (AvgIpc) is 2.44. The van der Waals surface area contributed by atoms with Crippen LogP contribution in [0.15, 0.2) is 5.51 Å². The Balaban J connectivity index is 0. The Labute approximate surface area is 74.5 Å². The molecule has 0 amide bonds. The Morgan fingerprint density at radius 1 is 1.09 bits per heavy atom. The smallest absolute Gasteiger partial charge is 0.0797 e. The van der Waals surface area contributed by atoms with E-state index in [9.17, 15) is 0 Å². The van der Waals surface area contributed by atoms with Gasteiger partial charge in [0.05, 0.1) is 11.2 Å². The molecule has 2 heteroatoms. The molecule has 1 aromatic heterocycles. The van der Waals surface area contributed by atoms with Gasteiger partial charge in [0, 0.05) is 4.88 Å². The molecule has 0 aliphatic carbocycles. The fourth-order valence-corrected chi connectivity index (χ4v) is 0.953. The molecule has 0 saturated carbocycles. The van der Waals surface area contributed by atoms with Crippen LogP contribution in [0.3, 0.4) is 0 Å². The third-order valence-corrected chi connectivity index (χ3v) is 1.85. The van der Waals surface area contributed by atoms with Crippen LogP contribution in [0.4, 0.5) is 0 Å². The van der Waals surface area contributed by atoms with Gasteiger partial charge in [0.2, 0.25) is 0 Å². The number of nitrogens with zero attached hydrogens (tertiary/aromatic N) is 1. The molecule has 1 aromatic rings. The van der Waals surface area contributed by atoms with Gasteiger partial charge in [-0.1, -0.05) is 27.7 Å². The van der Waals surface area contributed by atoms with E-state index in [0.29, 0.717) is 0 Å². The summed E-state index contributed by atoms with van der Waals surface area (Å²) in [6.07, 6.45) is 0. The largest absolute Gasteiger partial charge is 0.250 e. The van der Waals surface area contributed by atoms with E-state index in [0.717, 1.165) is 5.69 Å². The van der Waals surface area contributed by atoms with Crippen LogP contribution in [0.5, 0.6) is 0 Å². The summed E-state index contributed by atoms with van der Waals surface area (Å²) in [5, 5.41) is 0. The molecule has 1 heterocycles. The molecular weight excluding hydrogens is 154 g/mol. The lowest BCUT2D eigenvalue weighted by Gasteiger charge is -1.77. The van der Waals surface area contributed by atoms with E-state index in [4.69, 9.17) is 0 Å². The van der Waals surface area contributed by atoms with Crippen molar-refractivity contribution in [2.45, 2.75) is 41.5 Å². The van der Waals surface area contributed by atoms with Crippen molar-refractivity contribution in [3.05, 3.63) is 16.1 Å². The highest BCUT2D eigenvalue weighted by molar-refractivity contribution is 7.09. The Hall–Kier alpha value is -0.370. The highest BCUT2D eigenvalue weighted by atomic mass is 32.1. The van der Waals surface area contributed by atoms with Gasteiger partial charge in [-0.15, -0.1) is 11.3 Å². The monoisotopic (exact) mass is 173 g/mol. The van der Waals surface area contributed by atoms with E-state index in [-0.39, 0.29) is 0 Å². The zero-order chi connectivity index (χ0) is 9.28. The van der Waals surface area contributed by atoms with Gasteiger partial charge in [0.25, 0.3) is 0 Å². The molecule has 0 fully saturated rings. The van der Waals surface area contributed by atoms with Crippen LogP contribution in [0, 0.1) is 13.8 Å². The first kappa shape index (κ1) is 13.2. The molecule has 11 heavy (non-hydrogen) atoms. The van der Waals surface area contributed by atoms with Crippen molar-refractivity contribution in [3.8, 4) is 0 Å². The molecule has 1 rings (SSSR count). The third kappa shape index (κ3) is 6.05. The Morgan fingerprint density at radius 3 is 1.64 bits per heavy atom. The first-order valence-corrected chi connectivity index (χ1v) is 5.05. The summed E-state index contributed by atoms with van der Waals surface area (Å²) < 4.78 is 0. The lowest BCUT2D eigenvalue weighted by molar-refractivity contribution is 1.23. The maximum absolute atomic E-state index is 4.03. The molecule has 66 valence electrons. The van der Waals surface area contributed by atoms with Crippen LogP contribution >= 0.6 is 11.3 Å². The minimum Gasteiger partial charge on any atom is -0.250 e. The van der Waals surface area contributed by atoms with Gasteiger partial charge < -0.3 is 0 Å². The second-order valence-corrected chi connectivity index (χ2v) is 2.55. The summed E-state index contributed by atoms with van der Waals surface area (Å²) in [6, 6.07) is 0. The van der Waals surface area contributed by atoms with Crippen LogP contribution in [0.2, 0.25) is 0 Å². The third-order valence-electron chi connectivity index (χ3n) is 0.985. The van der Waals surface area contributed by atoms with E-state index >= 15 is 0 Å². The molecule has 0 bridgehead atoms. The van der Waals surface area contributed by atoms with Crippen LogP contribution in [-0.2, 0) is 0 Å². The standard InChI is InChI=1S/C5H7NS.2C2H6/c1-4-5(2)7-3-6-4;2*1-2/h3H,1-2H3;2*1-2H3. The SMILES string of the molecule is CC.CC.Cc1ncsc1C. The second kappa shape index (κ2) is 9.63. The molecule has 0 radical (unpaired) electrons. The highest BCUT2D eigenvalue weighted by Crippen LogP contribution is 2.07. The van der Waals surface area contributed by atoms with Gasteiger partial charge in [-0.2, -0.15) is 0 Å². The maximum Gasteiger partial charge on any atom is 0.0797 e. The summed E-state index contributed by atoms with van der Waals surface area (Å²) >= 11 is 1.69. The first-order chi connectivity index (χ1) is 5.30. The topological polar surface area (TPSA) is 12.9 Å². The van der Waals surface area contributed by atoms with Crippen molar-refractivity contribution in [3.63, 3.8) is 0 Å². The fourth-order valence-electron chi connectivity index (χ4n) is 0.361. The predicted molar refractivity (Wildman–Crippen MR) is 54.3 cm³/mol. The number of rotatable bonds is 0. The Morgan fingerprint density at radius 2 is 1.55 bits per heavy atom. The van der Waals surface area contributed by atoms with Gasteiger partial charge in [-0.05, 0) is 13.8 Å². The van der Waals surface area contributed by atoms with Gasteiger partial charge in [-0.3, -0.25) is 0 Å². The molecule has 0 unspecified atom stereocenters. The Kier molecular flexibility index (Phi) is 11.6. The van der Waals surface area contributed by atoms with Crippen molar-refractivity contribution >= 4 is 11.3 Å². The summed E-state index contributed by atoms with van der Waals surface area (Å²) in [5.41, 5.74) is 3.02. The molecule has 1 nitrogen and oxygen atoms in total. The Bertz CT molecular complexity index is 142. The summed E-state index contributed by atoms with van der Waals surface area (Å²) in [6.45, 7) is 12.1. The van der Waals surface area contributed by atoms with Gasteiger partial charge >= 0.3 is 0 Å². The molecule has 0 spiro atoms. The van der Waals surface area contributed by atoms with Crippen molar-refractivity contribution in [1.82, 2.24) is 4.98 Å². The van der Waals surface area contributed by atoms with E-state index < -0.39 is 0 Å². The number of hydrogen-bond donors (Lipinski definition) is 0. The van der Waals surface area contributed by atoms with E-state index in [1.165, 1.54) is 4.88 Å². The zero-order valence-corrected chi connectivity index (χ0v) is 9.25. The van der Waals surface area contributed by atoms with E-state index in [1.807, 2.05) is 40.1 Å². The van der Waals surface area contributed by atoms with Crippen LogP contribution in [0.1, 0.15) is 38.3 Å². The summed E-state index contributed by atoms with van der Waals surface area (Å²) in [4.78, 5) is 5.35. The number of aromatic nitrogens is 1. The number of thiazole rings is 1. The molecule has 0 saturated heterocycles. The van der Waals surface area contributed by atoms with Crippen molar-refractivity contribution < 1.29 is 0 Å². The number of hydrogen-bond acceptors (Lipinski definition) is 2. The molecule has 0 aromatic carbocycles. The minimum atomic E-state index is 1.16. The van der Waals surface area contributed by atoms with E-state index in [2.05, 4.69) is 11.9 Å². The van der Waals surface area contributed by atoms with Crippen molar-refractivity contribution in [2.75, 3.05) is 0 Å². The maximum atomic E-state index is 4.03. The quantitative estimate of drug-likeness (QED) is 0.581. The molecule has 0 aliphatic rings. The lowest BCUT2D eigenvalue weighted by Crippen LogP contribution is -1.68. The second-order valence-electron chi connectivity index (χ2n) is 1.49. The lowest BCUT2D eigenvalue weighted by atomic mass is 10.4. The molecule has 0 atom stereocenters. The van der Waals surface area contributed by atoms with Crippen LogP contribution in [0.25, 0.3) is 0 Å². The van der Waals surface area contributed by atoms with Gasteiger partial charge in [0.1, 0.15) is 0 Å². The zero-order valence-electron chi connectivity index (χ0n) is 8.43. The van der Waals surface area contributed by atoms with Crippen LogP contribution in [-0.4, -0.2) is 4.98 Å². The average molecular weight is 173 g/mol. The van der Waals surface area contributed by atoms with Gasteiger partial charge in [0.15, 0.2) is 0 Å². The highest BCUT2D eigenvalue weighted by Gasteiger charge is 1.88.